The van der Waals surface area contributed by atoms with Crippen LogP contribution in [0.5, 0.6) is 11.5 Å². The molecule has 1 N–H and O–H groups in total. The Bertz CT molecular complexity index is 852. The van der Waals surface area contributed by atoms with Gasteiger partial charge in [-0.25, -0.2) is 0 Å². The fourth-order valence-electron chi connectivity index (χ4n) is 3.47. The molecule has 0 unspecified atom stereocenters. The molecule has 5 heteroatoms. The Balaban J connectivity index is 1.67. The molecule has 0 spiro atoms. The van der Waals surface area contributed by atoms with Gasteiger partial charge in [-0.15, -0.1) is 0 Å². The van der Waals surface area contributed by atoms with Gasteiger partial charge in [0.25, 0.3) is 0 Å². The zero-order chi connectivity index (χ0) is 17.4. The van der Waals surface area contributed by atoms with Crippen LogP contribution in [0, 0.1) is 0 Å². The minimum atomic E-state index is -0.157. The number of allylic oxidation sites excluding steroid dienone is 1. The van der Waals surface area contributed by atoms with Gasteiger partial charge >= 0.3 is 0 Å². The lowest BCUT2D eigenvalue weighted by atomic mass is 10.0. The Kier molecular flexibility index (Phi) is 4.36. The highest BCUT2D eigenvalue weighted by Crippen LogP contribution is 2.38. The topological polar surface area (TPSA) is 53.8 Å². The molecule has 0 atom stereocenters. The normalized spacial score (nSPS) is 18.6. The highest BCUT2D eigenvalue weighted by molar-refractivity contribution is 9.10. The number of carbonyl (C=O) groups is 1. The van der Waals surface area contributed by atoms with Crippen LogP contribution in [0.25, 0.3) is 6.08 Å². The molecule has 0 bridgehead atoms. The maximum atomic E-state index is 12.7. The monoisotopic (exact) mass is 399 g/mol. The molecular formula is C20H18BrNO3. The third-order valence-electron chi connectivity index (χ3n) is 4.80. The molecule has 0 amide bonds. The number of nitrogens with one attached hydrogen (secondary N) is 1. The van der Waals surface area contributed by atoms with E-state index in [0.717, 1.165) is 23.1 Å². The van der Waals surface area contributed by atoms with Gasteiger partial charge < -0.3 is 14.7 Å². The molecular weight excluding hydrogens is 382 g/mol. The molecule has 2 aromatic carbocycles. The van der Waals surface area contributed by atoms with Gasteiger partial charge in [0.15, 0.2) is 5.76 Å². The first-order valence-corrected chi connectivity index (χ1v) is 9.27. The van der Waals surface area contributed by atoms with E-state index in [0.29, 0.717) is 23.4 Å². The van der Waals surface area contributed by atoms with Gasteiger partial charge in [0.2, 0.25) is 5.78 Å². The first kappa shape index (κ1) is 16.4. The summed E-state index contributed by atoms with van der Waals surface area (Å²) in [5, 5.41) is 12.3. The Morgan fingerprint density at radius 3 is 2.56 bits per heavy atom. The molecule has 25 heavy (non-hydrogen) atoms. The second-order valence-corrected chi connectivity index (χ2v) is 7.46. The van der Waals surface area contributed by atoms with Crippen LogP contribution in [0.1, 0.15) is 34.3 Å². The largest absolute Gasteiger partial charge is 0.872 e. The van der Waals surface area contributed by atoms with E-state index in [1.807, 2.05) is 24.3 Å². The van der Waals surface area contributed by atoms with Crippen LogP contribution in [0.3, 0.4) is 0 Å². The second-order valence-electron chi connectivity index (χ2n) is 6.54. The molecule has 0 aliphatic carbocycles. The van der Waals surface area contributed by atoms with E-state index < -0.39 is 0 Å². The Morgan fingerprint density at radius 1 is 1.12 bits per heavy atom. The molecule has 1 saturated heterocycles. The fraction of sp³-hybridized carbons (Fsp3) is 0.250. The maximum absolute atomic E-state index is 12.7. The summed E-state index contributed by atoms with van der Waals surface area (Å²) >= 11 is 3.40. The van der Waals surface area contributed by atoms with E-state index in [1.54, 1.807) is 12.1 Å². The number of hydrogen-bond donors (Lipinski definition) is 1. The number of carbonyl (C=O) groups excluding carboxylic acids is 1. The van der Waals surface area contributed by atoms with Gasteiger partial charge in [-0.05, 0) is 29.8 Å². The van der Waals surface area contributed by atoms with Gasteiger partial charge in [-0.1, -0.05) is 39.9 Å². The molecule has 0 saturated carbocycles. The van der Waals surface area contributed by atoms with Crippen molar-refractivity contribution in [2.45, 2.75) is 19.4 Å². The number of rotatable bonds is 3. The van der Waals surface area contributed by atoms with Crippen LogP contribution in [-0.2, 0) is 6.54 Å². The lowest BCUT2D eigenvalue weighted by Gasteiger charge is -2.19. The van der Waals surface area contributed by atoms with Gasteiger partial charge in [0.05, 0.1) is 18.7 Å². The highest BCUT2D eigenvalue weighted by atomic mass is 79.9. The predicted molar refractivity (Wildman–Crippen MR) is 96.6 cm³/mol. The molecule has 1 fully saturated rings. The molecule has 4 nitrogen and oxygen atoms in total. The number of quaternary nitrogens is 1. The average Bonchev–Trinajstić information content (AvgIpc) is 3.22. The minimum absolute atomic E-state index is 0.0455. The molecule has 2 aliphatic heterocycles. The molecule has 2 heterocycles. The van der Waals surface area contributed by atoms with Crippen molar-refractivity contribution in [3.8, 4) is 11.5 Å². The Hall–Kier alpha value is -2.11. The van der Waals surface area contributed by atoms with E-state index >= 15 is 0 Å². The van der Waals surface area contributed by atoms with Crippen molar-refractivity contribution in [2.75, 3.05) is 13.1 Å². The quantitative estimate of drug-likeness (QED) is 0.805. The third kappa shape index (κ3) is 3.22. The van der Waals surface area contributed by atoms with Crippen molar-refractivity contribution in [1.29, 1.82) is 0 Å². The highest BCUT2D eigenvalue weighted by Gasteiger charge is 2.31. The van der Waals surface area contributed by atoms with E-state index in [4.69, 9.17) is 4.74 Å². The smallest absolute Gasteiger partial charge is 0.231 e. The van der Waals surface area contributed by atoms with Crippen molar-refractivity contribution in [3.05, 3.63) is 63.3 Å². The van der Waals surface area contributed by atoms with Crippen LogP contribution in [0.2, 0.25) is 0 Å². The van der Waals surface area contributed by atoms with E-state index in [2.05, 4.69) is 15.9 Å². The Morgan fingerprint density at radius 2 is 1.84 bits per heavy atom. The fourth-order valence-corrected chi connectivity index (χ4v) is 3.73. The van der Waals surface area contributed by atoms with Crippen LogP contribution in [-0.4, -0.2) is 18.9 Å². The Labute approximate surface area is 154 Å². The van der Waals surface area contributed by atoms with E-state index in [1.165, 1.54) is 23.8 Å². The molecule has 2 aromatic rings. The third-order valence-corrected chi connectivity index (χ3v) is 5.33. The molecule has 0 radical (unpaired) electrons. The van der Waals surface area contributed by atoms with E-state index in [-0.39, 0.29) is 17.3 Å². The molecule has 4 rings (SSSR count). The predicted octanol–water partition coefficient (Wildman–Crippen LogP) is 2.32. The summed E-state index contributed by atoms with van der Waals surface area (Å²) in [6, 6.07) is 10.7. The summed E-state index contributed by atoms with van der Waals surface area (Å²) in [7, 11) is 0. The van der Waals surface area contributed by atoms with Crippen LogP contribution in [0.15, 0.2) is 46.6 Å². The number of ether oxygens (including phenoxy) is 1. The van der Waals surface area contributed by atoms with Gasteiger partial charge in [-0.2, -0.15) is 0 Å². The molecule has 128 valence electrons. The minimum Gasteiger partial charge on any atom is -0.872 e. The summed E-state index contributed by atoms with van der Waals surface area (Å²) in [4.78, 5) is 14.0. The van der Waals surface area contributed by atoms with Crippen LogP contribution < -0.4 is 14.7 Å². The molecule has 2 aliphatic rings. The summed E-state index contributed by atoms with van der Waals surface area (Å²) in [5.74, 6) is 0.535. The summed E-state index contributed by atoms with van der Waals surface area (Å²) < 4.78 is 6.84. The standard InChI is InChI=1S/C20H18BrNO3/c21-14-5-3-13(4-6-14)11-18-19(24)15-7-8-17(23)16(20(15)25-18)12-22-9-1-2-10-22/h3-8,11,23H,1-2,9-10,12H2/b18-11-. The number of likely N-dealkylation sites (tertiary alicyclic amines) is 1. The number of benzene rings is 2. The first-order chi connectivity index (χ1) is 12.1. The lowest BCUT2D eigenvalue weighted by molar-refractivity contribution is -0.901. The SMILES string of the molecule is O=C1/C(=C/c2ccc(Br)cc2)Oc2c1ccc([O-])c2C[NH+]1CCCC1. The zero-order valence-electron chi connectivity index (χ0n) is 13.7. The first-order valence-electron chi connectivity index (χ1n) is 8.48. The summed E-state index contributed by atoms with van der Waals surface area (Å²) in [5.41, 5.74) is 2.01. The maximum Gasteiger partial charge on any atom is 0.231 e. The number of hydrogen-bond acceptors (Lipinski definition) is 3. The molecule has 0 aromatic heterocycles. The van der Waals surface area contributed by atoms with Crippen molar-refractivity contribution in [2.24, 2.45) is 0 Å². The number of fused-ring (bicyclic) bond motifs is 1. The lowest BCUT2D eigenvalue weighted by Crippen LogP contribution is -3.08. The van der Waals surface area contributed by atoms with Crippen molar-refractivity contribution in [3.63, 3.8) is 0 Å². The van der Waals surface area contributed by atoms with Gasteiger partial charge in [0, 0.05) is 22.9 Å². The summed E-state index contributed by atoms with van der Waals surface area (Å²) in [6.07, 6.45) is 4.10. The average molecular weight is 400 g/mol. The van der Waals surface area contributed by atoms with Crippen molar-refractivity contribution < 1.29 is 19.5 Å². The van der Waals surface area contributed by atoms with E-state index in [9.17, 15) is 9.90 Å². The van der Waals surface area contributed by atoms with Crippen molar-refractivity contribution >= 4 is 27.8 Å². The van der Waals surface area contributed by atoms with Gasteiger partial charge in [0.1, 0.15) is 12.3 Å². The number of ketones is 1. The van der Waals surface area contributed by atoms with Crippen LogP contribution >= 0.6 is 15.9 Å². The van der Waals surface area contributed by atoms with Crippen LogP contribution in [0.4, 0.5) is 0 Å². The summed E-state index contributed by atoms with van der Waals surface area (Å²) in [6.45, 7) is 2.76. The number of halogens is 1. The number of Topliss-reactive ketones (excluding diaryl/α,β-unsaturated/α-hetero) is 1. The van der Waals surface area contributed by atoms with Crippen molar-refractivity contribution in [1.82, 2.24) is 0 Å². The van der Waals surface area contributed by atoms with Gasteiger partial charge in [-0.3, -0.25) is 4.79 Å². The zero-order valence-corrected chi connectivity index (χ0v) is 15.3. The second kappa shape index (κ2) is 6.65.